The van der Waals surface area contributed by atoms with Gasteiger partial charge >= 0.3 is 0 Å². The smallest absolute Gasteiger partial charge is 0.0810 e. The van der Waals surface area contributed by atoms with Gasteiger partial charge in [0.15, 0.2) is 0 Å². The van der Waals surface area contributed by atoms with Gasteiger partial charge in [0, 0.05) is 0 Å². The van der Waals surface area contributed by atoms with Gasteiger partial charge in [-0.2, -0.15) is 0 Å². The van der Waals surface area contributed by atoms with Crippen LogP contribution in [0.3, 0.4) is 0 Å². The summed E-state index contributed by atoms with van der Waals surface area (Å²) < 4.78 is 5.50. The molecule has 1 rings (SSSR count). The summed E-state index contributed by atoms with van der Waals surface area (Å²) >= 11 is 0. The largest absolute Gasteiger partial charge is 0.394 e. The van der Waals surface area contributed by atoms with E-state index in [0.717, 1.165) is 19.3 Å². The molecule has 1 aliphatic heterocycles. The number of hydrogen-bond donors (Lipinski definition) is 1. The first-order valence-electron chi connectivity index (χ1n) is 4.13. The average Bonchev–Trinajstić information content (AvgIpc) is 2.37. The lowest BCUT2D eigenvalue weighted by molar-refractivity contribution is 0.00833. The second-order valence-corrected chi connectivity index (χ2v) is 2.93. The molecule has 0 saturated carbocycles. The molecule has 1 unspecified atom stereocenters. The van der Waals surface area contributed by atoms with Gasteiger partial charge in [0.05, 0.1) is 18.8 Å². The SMILES string of the molecule is CCC[C@H]1CCC(CO)O1. The molecule has 1 fully saturated rings. The lowest BCUT2D eigenvalue weighted by Crippen LogP contribution is -2.13. The molecular formula is C8H16O2. The quantitative estimate of drug-likeness (QED) is 0.647. The van der Waals surface area contributed by atoms with Crippen LogP contribution < -0.4 is 0 Å². The number of ether oxygens (including phenoxy) is 1. The van der Waals surface area contributed by atoms with Crippen molar-refractivity contribution in [1.29, 1.82) is 0 Å². The number of rotatable bonds is 3. The van der Waals surface area contributed by atoms with Gasteiger partial charge in [-0.1, -0.05) is 13.3 Å². The molecule has 10 heavy (non-hydrogen) atoms. The van der Waals surface area contributed by atoms with Gasteiger partial charge in [-0.05, 0) is 19.3 Å². The van der Waals surface area contributed by atoms with Gasteiger partial charge in [0.2, 0.25) is 0 Å². The monoisotopic (exact) mass is 144 g/mol. The Hall–Kier alpha value is -0.0800. The first-order valence-corrected chi connectivity index (χ1v) is 4.13. The maximum absolute atomic E-state index is 8.73. The lowest BCUT2D eigenvalue weighted by atomic mass is 10.1. The zero-order valence-electron chi connectivity index (χ0n) is 6.55. The highest BCUT2D eigenvalue weighted by atomic mass is 16.5. The minimum absolute atomic E-state index is 0.136. The predicted molar refractivity (Wildman–Crippen MR) is 39.9 cm³/mol. The first kappa shape index (κ1) is 8.02. The summed E-state index contributed by atoms with van der Waals surface area (Å²) in [5.74, 6) is 0. The molecule has 0 spiro atoms. The Labute approximate surface area is 62.2 Å². The molecule has 60 valence electrons. The summed E-state index contributed by atoms with van der Waals surface area (Å²) in [4.78, 5) is 0. The highest BCUT2D eigenvalue weighted by Gasteiger charge is 2.23. The molecule has 0 radical (unpaired) electrons. The second-order valence-electron chi connectivity index (χ2n) is 2.93. The number of hydrogen-bond acceptors (Lipinski definition) is 2. The minimum Gasteiger partial charge on any atom is -0.394 e. The zero-order valence-corrected chi connectivity index (χ0v) is 6.55. The van der Waals surface area contributed by atoms with Crippen molar-refractivity contribution < 1.29 is 9.84 Å². The molecule has 0 aromatic rings. The first-order chi connectivity index (χ1) is 4.86. The van der Waals surface area contributed by atoms with Crippen LogP contribution in [0.1, 0.15) is 32.6 Å². The molecule has 2 heteroatoms. The van der Waals surface area contributed by atoms with E-state index in [9.17, 15) is 0 Å². The fraction of sp³-hybridized carbons (Fsp3) is 1.00. The molecular weight excluding hydrogens is 128 g/mol. The van der Waals surface area contributed by atoms with Crippen LogP contribution in [-0.2, 0) is 4.74 Å². The minimum atomic E-state index is 0.136. The normalized spacial score (nSPS) is 33.0. The Kier molecular flexibility index (Phi) is 3.16. The summed E-state index contributed by atoms with van der Waals surface area (Å²) in [6.45, 7) is 2.36. The van der Waals surface area contributed by atoms with Crippen LogP contribution in [-0.4, -0.2) is 23.9 Å². The Morgan fingerprint density at radius 2 is 2.10 bits per heavy atom. The third-order valence-corrected chi connectivity index (χ3v) is 2.01. The van der Waals surface area contributed by atoms with E-state index in [1.165, 1.54) is 6.42 Å². The molecule has 1 aliphatic rings. The van der Waals surface area contributed by atoms with E-state index in [4.69, 9.17) is 9.84 Å². The molecule has 0 aromatic carbocycles. The van der Waals surface area contributed by atoms with Crippen molar-refractivity contribution in [1.82, 2.24) is 0 Å². The van der Waals surface area contributed by atoms with Gasteiger partial charge in [-0.25, -0.2) is 0 Å². The van der Waals surface area contributed by atoms with Crippen LogP contribution in [0.15, 0.2) is 0 Å². The molecule has 1 saturated heterocycles. The summed E-state index contributed by atoms with van der Waals surface area (Å²) in [6, 6.07) is 0. The molecule has 0 aliphatic carbocycles. The Balaban J connectivity index is 2.15. The molecule has 0 amide bonds. The third kappa shape index (κ3) is 1.96. The standard InChI is InChI=1S/C8H16O2/c1-2-3-7-4-5-8(6-9)10-7/h7-9H,2-6H2,1H3/t7-,8?/m0/s1. The number of aliphatic hydroxyl groups is 1. The van der Waals surface area contributed by atoms with Crippen molar-refractivity contribution in [3.05, 3.63) is 0 Å². The van der Waals surface area contributed by atoms with Crippen molar-refractivity contribution in [2.45, 2.75) is 44.8 Å². The Bertz CT molecular complexity index is 93.3. The summed E-state index contributed by atoms with van der Waals surface area (Å²) in [5.41, 5.74) is 0. The fourth-order valence-electron chi connectivity index (χ4n) is 1.45. The summed E-state index contributed by atoms with van der Waals surface area (Å²) in [6.07, 6.45) is 5.08. The highest BCUT2D eigenvalue weighted by Crippen LogP contribution is 2.22. The van der Waals surface area contributed by atoms with E-state index >= 15 is 0 Å². The van der Waals surface area contributed by atoms with Crippen LogP contribution in [0.25, 0.3) is 0 Å². The van der Waals surface area contributed by atoms with Crippen molar-refractivity contribution in [3.63, 3.8) is 0 Å². The van der Waals surface area contributed by atoms with Crippen molar-refractivity contribution >= 4 is 0 Å². The Morgan fingerprint density at radius 1 is 1.40 bits per heavy atom. The van der Waals surface area contributed by atoms with Crippen molar-refractivity contribution in [2.24, 2.45) is 0 Å². The van der Waals surface area contributed by atoms with Crippen LogP contribution in [0.5, 0.6) is 0 Å². The Morgan fingerprint density at radius 3 is 2.60 bits per heavy atom. The lowest BCUT2D eigenvalue weighted by Gasteiger charge is -2.09. The van der Waals surface area contributed by atoms with Gasteiger partial charge in [-0.3, -0.25) is 0 Å². The van der Waals surface area contributed by atoms with Gasteiger partial charge in [0.25, 0.3) is 0 Å². The van der Waals surface area contributed by atoms with E-state index < -0.39 is 0 Å². The van der Waals surface area contributed by atoms with Crippen LogP contribution in [0.2, 0.25) is 0 Å². The summed E-state index contributed by atoms with van der Waals surface area (Å²) in [7, 11) is 0. The van der Waals surface area contributed by atoms with Crippen LogP contribution in [0, 0.1) is 0 Å². The second kappa shape index (κ2) is 3.94. The van der Waals surface area contributed by atoms with Crippen LogP contribution in [0.4, 0.5) is 0 Å². The van der Waals surface area contributed by atoms with Gasteiger partial charge in [0.1, 0.15) is 0 Å². The highest BCUT2D eigenvalue weighted by molar-refractivity contribution is 4.72. The molecule has 2 atom stereocenters. The maximum atomic E-state index is 8.73. The van der Waals surface area contributed by atoms with E-state index in [-0.39, 0.29) is 12.7 Å². The third-order valence-electron chi connectivity index (χ3n) is 2.01. The van der Waals surface area contributed by atoms with E-state index in [2.05, 4.69) is 6.92 Å². The molecule has 1 heterocycles. The predicted octanol–water partition coefficient (Wildman–Crippen LogP) is 1.33. The number of aliphatic hydroxyl groups excluding tert-OH is 1. The van der Waals surface area contributed by atoms with Crippen molar-refractivity contribution in [3.8, 4) is 0 Å². The fourth-order valence-corrected chi connectivity index (χ4v) is 1.45. The molecule has 1 N–H and O–H groups in total. The van der Waals surface area contributed by atoms with Gasteiger partial charge < -0.3 is 9.84 Å². The average molecular weight is 144 g/mol. The maximum Gasteiger partial charge on any atom is 0.0810 e. The van der Waals surface area contributed by atoms with E-state index in [1.807, 2.05) is 0 Å². The topological polar surface area (TPSA) is 29.5 Å². The van der Waals surface area contributed by atoms with E-state index in [0.29, 0.717) is 6.10 Å². The molecule has 2 nitrogen and oxygen atoms in total. The van der Waals surface area contributed by atoms with Crippen LogP contribution >= 0.6 is 0 Å². The zero-order chi connectivity index (χ0) is 7.40. The summed E-state index contributed by atoms with van der Waals surface area (Å²) in [5, 5.41) is 8.73. The van der Waals surface area contributed by atoms with E-state index in [1.54, 1.807) is 0 Å². The molecule has 0 bridgehead atoms. The van der Waals surface area contributed by atoms with Crippen molar-refractivity contribution in [2.75, 3.05) is 6.61 Å². The van der Waals surface area contributed by atoms with Gasteiger partial charge in [-0.15, -0.1) is 0 Å². The molecule has 0 aromatic heterocycles.